The molecule has 0 radical (unpaired) electrons. The van der Waals surface area contributed by atoms with Crippen molar-refractivity contribution in [3.05, 3.63) is 12.4 Å². The van der Waals surface area contributed by atoms with Gasteiger partial charge in [-0.25, -0.2) is 13.4 Å². The van der Waals surface area contributed by atoms with Crippen molar-refractivity contribution in [1.29, 1.82) is 0 Å². The molecule has 1 N–H and O–H groups in total. The highest BCUT2D eigenvalue weighted by atomic mass is 32.2. The summed E-state index contributed by atoms with van der Waals surface area (Å²) in [5.74, 6) is 1.33. The fraction of sp³-hybridized carbons (Fsp3) is 0.700. The van der Waals surface area contributed by atoms with Crippen LogP contribution in [0.2, 0.25) is 0 Å². The topological polar surface area (TPSA) is 64.0 Å². The van der Waals surface area contributed by atoms with Crippen molar-refractivity contribution in [2.24, 2.45) is 0 Å². The Bertz CT molecular complexity index is 452. The van der Waals surface area contributed by atoms with E-state index in [1.165, 1.54) is 0 Å². The Balaban J connectivity index is 2.20. The first-order valence-electron chi connectivity index (χ1n) is 5.59. The van der Waals surface area contributed by atoms with E-state index in [1.807, 2.05) is 17.7 Å². The van der Waals surface area contributed by atoms with Crippen LogP contribution in [0.25, 0.3) is 0 Å². The van der Waals surface area contributed by atoms with Gasteiger partial charge in [-0.3, -0.25) is 0 Å². The first-order valence-corrected chi connectivity index (χ1v) is 7.41. The van der Waals surface area contributed by atoms with Crippen molar-refractivity contribution >= 4 is 15.8 Å². The zero-order valence-corrected chi connectivity index (χ0v) is 10.2. The molecule has 2 rings (SSSR count). The van der Waals surface area contributed by atoms with E-state index in [0.29, 0.717) is 5.75 Å². The van der Waals surface area contributed by atoms with Crippen molar-refractivity contribution < 1.29 is 8.42 Å². The monoisotopic (exact) mass is 243 g/mol. The summed E-state index contributed by atoms with van der Waals surface area (Å²) in [7, 11) is -2.87. The molecule has 0 saturated carbocycles. The Hall–Kier alpha value is -1.04. The van der Waals surface area contributed by atoms with E-state index in [4.69, 9.17) is 0 Å². The lowest BCUT2D eigenvalue weighted by atomic mass is 10.2. The maximum Gasteiger partial charge on any atom is 0.203 e. The Morgan fingerprint density at radius 2 is 2.44 bits per heavy atom. The highest BCUT2D eigenvalue weighted by Crippen LogP contribution is 2.25. The third kappa shape index (κ3) is 2.37. The number of nitrogens with zero attached hydrogens (tertiary/aromatic N) is 2. The van der Waals surface area contributed by atoms with Gasteiger partial charge in [0.25, 0.3) is 0 Å². The van der Waals surface area contributed by atoms with Crippen molar-refractivity contribution in [2.75, 3.05) is 23.4 Å². The van der Waals surface area contributed by atoms with Gasteiger partial charge in [0.05, 0.1) is 17.5 Å². The standard InChI is InChI=1S/C10H17N3O2S/c1-2-11-10-12-5-6-13(10)9-4-3-7-16(14,15)8-9/h5-6,9H,2-4,7-8H2,1H3,(H,11,12). The normalized spacial score (nSPS) is 24.2. The van der Waals surface area contributed by atoms with Crippen molar-refractivity contribution in [1.82, 2.24) is 9.55 Å². The molecule has 16 heavy (non-hydrogen) atoms. The molecule has 0 amide bonds. The SMILES string of the molecule is CCNc1nccn1C1CCCS(=O)(=O)C1. The lowest BCUT2D eigenvalue weighted by Gasteiger charge is -2.24. The fourth-order valence-corrected chi connectivity index (χ4v) is 3.81. The molecule has 0 aromatic carbocycles. The van der Waals surface area contributed by atoms with Crippen molar-refractivity contribution in [3.8, 4) is 0 Å². The van der Waals surface area contributed by atoms with Gasteiger partial charge in [0.2, 0.25) is 5.95 Å². The van der Waals surface area contributed by atoms with E-state index in [0.717, 1.165) is 25.3 Å². The van der Waals surface area contributed by atoms with Gasteiger partial charge in [-0.15, -0.1) is 0 Å². The summed E-state index contributed by atoms with van der Waals surface area (Å²) in [6, 6.07) is 0.0373. The molecular formula is C10H17N3O2S. The first kappa shape index (κ1) is 11.4. The molecule has 90 valence electrons. The van der Waals surface area contributed by atoms with E-state index in [-0.39, 0.29) is 11.8 Å². The molecule has 5 nitrogen and oxygen atoms in total. The molecule has 1 fully saturated rings. The molecule has 1 aromatic rings. The summed E-state index contributed by atoms with van der Waals surface area (Å²) in [6.07, 6.45) is 5.22. The minimum Gasteiger partial charge on any atom is -0.356 e. The summed E-state index contributed by atoms with van der Waals surface area (Å²) in [5, 5.41) is 3.14. The van der Waals surface area contributed by atoms with Gasteiger partial charge in [-0.1, -0.05) is 0 Å². The van der Waals surface area contributed by atoms with E-state index >= 15 is 0 Å². The van der Waals surface area contributed by atoms with Gasteiger partial charge in [0, 0.05) is 18.9 Å². The molecule has 1 saturated heterocycles. The molecule has 1 aromatic heterocycles. The van der Waals surface area contributed by atoms with Gasteiger partial charge >= 0.3 is 0 Å². The number of hydrogen-bond donors (Lipinski definition) is 1. The number of aromatic nitrogens is 2. The third-order valence-electron chi connectivity index (χ3n) is 2.84. The van der Waals surface area contributed by atoms with Crippen LogP contribution in [0.3, 0.4) is 0 Å². The number of imidazole rings is 1. The molecule has 0 aliphatic carbocycles. The van der Waals surface area contributed by atoms with Crippen LogP contribution in [0, 0.1) is 0 Å². The van der Waals surface area contributed by atoms with E-state index in [1.54, 1.807) is 6.20 Å². The van der Waals surface area contributed by atoms with Gasteiger partial charge in [-0.2, -0.15) is 0 Å². The largest absolute Gasteiger partial charge is 0.356 e. The number of hydrogen-bond acceptors (Lipinski definition) is 4. The molecule has 2 heterocycles. The second-order valence-electron chi connectivity index (χ2n) is 4.10. The molecule has 1 aliphatic rings. The second kappa shape index (κ2) is 4.45. The van der Waals surface area contributed by atoms with Crippen LogP contribution in [0.5, 0.6) is 0 Å². The average Bonchev–Trinajstić information content (AvgIpc) is 2.65. The number of anilines is 1. The van der Waals surface area contributed by atoms with Crippen LogP contribution in [0.4, 0.5) is 5.95 Å². The maximum absolute atomic E-state index is 11.6. The van der Waals surface area contributed by atoms with Crippen LogP contribution >= 0.6 is 0 Å². The predicted molar refractivity (Wildman–Crippen MR) is 63.3 cm³/mol. The van der Waals surface area contributed by atoms with Crippen LogP contribution in [0.1, 0.15) is 25.8 Å². The Labute approximate surface area is 95.8 Å². The van der Waals surface area contributed by atoms with Gasteiger partial charge in [-0.05, 0) is 19.8 Å². The van der Waals surface area contributed by atoms with E-state index < -0.39 is 9.84 Å². The Kier molecular flexibility index (Phi) is 3.18. The summed E-state index contributed by atoms with van der Waals surface area (Å²) in [6.45, 7) is 2.78. The molecule has 1 aliphatic heterocycles. The molecule has 6 heteroatoms. The zero-order valence-electron chi connectivity index (χ0n) is 9.39. The minimum absolute atomic E-state index is 0.0373. The predicted octanol–water partition coefficient (Wildman–Crippen LogP) is 1.06. The molecular weight excluding hydrogens is 226 g/mol. The quantitative estimate of drug-likeness (QED) is 0.862. The lowest BCUT2D eigenvalue weighted by Crippen LogP contribution is -2.28. The number of sulfone groups is 1. The van der Waals surface area contributed by atoms with Crippen molar-refractivity contribution in [3.63, 3.8) is 0 Å². The maximum atomic E-state index is 11.6. The van der Waals surface area contributed by atoms with Gasteiger partial charge < -0.3 is 9.88 Å². The van der Waals surface area contributed by atoms with Gasteiger partial charge in [0.15, 0.2) is 9.84 Å². The smallest absolute Gasteiger partial charge is 0.203 e. The number of rotatable bonds is 3. The summed E-state index contributed by atoms with van der Waals surface area (Å²) >= 11 is 0. The van der Waals surface area contributed by atoms with Crippen molar-refractivity contribution in [2.45, 2.75) is 25.8 Å². The average molecular weight is 243 g/mol. The molecule has 0 bridgehead atoms. The third-order valence-corrected chi connectivity index (χ3v) is 4.64. The van der Waals surface area contributed by atoms with Crippen LogP contribution in [0.15, 0.2) is 12.4 Å². The lowest BCUT2D eigenvalue weighted by molar-refractivity contribution is 0.473. The second-order valence-corrected chi connectivity index (χ2v) is 6.33. The summed E-state index contributed by atoms with van der Waals surface area (Å²) in [4.78, 5) is 4.19. The van der Waals surface area contributed by atoms with E-state index in [2.05, 4.69) is 10.3 Å². The van der Waals surface area contributed by atoms with Crippen LogP contribution in [-0.4, -0.2) is 36.0 Å². The highest BCUT2D eigenvalue weighted by Gasteiger charge is 2.26. The fourth-order valence-electron chi connectivity index (χ4n) is 2.12. The Morgan fingerprint density at radius 3 is 3.12 bits per heavy atom. The highest BCUT2D eigenvalue weighted by molar-refractivity contribution is 7.91. The molecule has 1 atom stereocenters. The summed E-state index contributed by atoms with van der Waals surface area (Å²) in [5.41, 5.74) is 0. The molecule has 1 unspecified atom stereocenters. The van der Waals surface area contributed by atoms with Gasteiger partial charge in [0.1, 0.15) is 0 Å². The summed E-state index contributed by atoms with van der Waals surface area (Å²) < 4.78 is 25.1. The minimum atomic E-state index is -2.87. The Morgan fingerprint density at radius 1 is 1.62 bits per heavy atom. The van der Waals surface area contributed by atoms with Crippen LogP contribution < -0.4 is 5.32 Å². The number of nitrogens with one attached hydrogen (secondary N) is 1. The molecule has 0 spiro atoms. The zero-order chi connectivity index (χ0) is 11.6. The van der Waals surface area contributed by atoms with E-state index in [9.17, 15) is 8.42 Å². The first-order chi connectivity index (χ1) is 7.62. The van der Waals surface area contributed by atoms with Crippen LogP contribution in [-0.2, 0) is 9.84 Å².